The minimum absolute atomic E-state index is 0.168. The lowest BCUT2D eigenvalue weighted by Crippen LogP contribution is -2.24. The Morgan fingerprint density at radius 2 is 1.94 bits per heavy atom. The van der Waals surface area contributed by atoms with Crippen molar-refractivity contribution in [3.8, 4) is 0 Å². The Hall–Kier alpha value is -0.960. The monoisotopic (exact) mass is 234 g/mol. The van der Waals surface area contributed by atoms with E-state index >= 15 is 0 Å². The summed E-state index contributed by atoms with van der Waals surface area (Å²) in [4.78, 5) is 4.82. The topological polar surface area (TPSA) is 24.4 Å². The SMILES string of the molecule is CCC1(CC)CSC(Nc2ccccc2)=N1. The fourth-order valence-corrected chi connectivity index (χ4v) is 3.13. The number of aliphatic imine (C=N–C) groups is 1. The van der Waals surface area contributed by atoms with Gasteiger partial charge < -0.3 is 5.32 Å². The molecule has 86 valence electrons. The molecule has 0 atom stereocenters. The van der Waals surface area contributed by atoms with Crippen LogP contribution >= 0.6 is 11.8 Å². The Morgan fingerprint density at radius 1 is 1.25 bits per heavy atom. The molecule has 0 aromatic heterocycles. The van der Waals surface area contributed by atoms with Crippen molar-refractivity contribution in [1.82, 2.24) is 0 Å². The summed E-state index contributed by atoms with van der Waals surface area (Å²) in [7, 11) is 0. The van der Waals surface area contributed by atoms with Gasteiger partial charge in [0.2, 0.25) is 0 Å². The molecule has 3 heteroatoms. The summed E-state index contributed by atoms with van der Waals surface area (Å²) >= 11 is 1.83. The molecule has 0 saturated heterocycles. The molecule has 2 rings (SSSR count). The van der Waals surface area contributed by atoms with Crippen molar-refractivity contribution in [1.29, 1.82) is 0 Å². The first-order valence-corrected chi connectivity index (χ1v) is 6.81. The average molecular weight is 234 g/mol. The summed E-state index contributed by atoms with van der Waals surface area (Å²) in [5.41, 5.74) is 1.29. The van der Waals surface area contributed by atoms with E-state index in [4.69, 9.17) is 4.99 Å². The maximum atomic E-state index is 4.82. The molecule has 0 amide bonds. The van der Waals surface area contributed by atoms with Crippen LogP contribution in [0.1, 0.15) is 26.7 Å². The first kappa shape index (κ1) is 11.5. The number of nitrogens with one attached hydrogen (secondary N) is 1. The van der Waals surface area contributed by atoms with Crippen LogP contribution in [-0.4, -0.2) is 16.5 Å². The fraction of sp³-hybridized carbons (Fsp3) is 0.462. The number of hydrogen-bond donors (Lipinski definition) is 1. The van der Waals surface area contributed by atoms with Crippen LogP contribution in [0.15, 0.2) is 35.3 Å². The van der Waals surface area contributed by atoms with Crippen molar-refractivity contribution in [2.24, 2.45) is 4.99 Å². The van der Waals surface area contributed by atoms with Crippen molar-refractivity contribution in [2.75, 3.05) is 11.1 Å². The number of amidine groups is 1. The van der Waals surface area contributed by atoms with Crippen LogP contribution in [0.5, 0.6) is 0 Å². The zero-order valence-corrected chi connectivity index (χ0v) is 10.7. The lowest BCUT2D eigenvalue weighted by Gasteiger charge is -2.20. The highest BCUT2D eigenvalue weighted by Gasteiger charge is 2.31. The Balaban J connectivity index is 2.08. The molecule has 1 aromatic rings. The lowest BCUT2D eigenvalue weighted by molar-refractivity contribution is 0.456. The predicted octanol–water partition coefficient (Wildman–Crippen LogP) is 3.76. The van der Waals surface area contributed by atoms with Crippen LogP contribution < -0.4 is 5.32 Å². The fourth-order valence-electron chi connectivity index (χ4n) is 1.80. The number of anilines is 1. The number of nitrogens with zero attached hydrogens (tertiary/aromatic N) is 1. The largest absolute Gasteiger partial charge is 0.335 e. The molecule has 0 aliphatic carbocycles. The normalized spacial score (nSPS) is 18.2. The Morgan fingerprint density at radius 3 is 2.50 bits per heavy atom. The first-order valence-electron chi connectivity index (χ1n) is 5.83. The summed E-state index contributed by atoms with van der Waals surface area (Å²) in [6.45, 7) is 4.44. The number of rotatable bonds is 3. The van der Waals surface area contributed by atoms with Crippen molar-refractivity contribution in [2.45, 2.75) is 32.2 Å². The molecule has 0 bridgehead atoms. The first-order chi connectivity index (χ1) is 7.78. The van der Waals surface area contributed by atoms with Gasteiger partial charge in [0, 0.05) is 11.4 Å². The van der Waals surface area contributed by atoms with Crippen molar-refractivity contribution < 1.29 is 0 Å². The standard InChI is InChI=1S/C13H18N2S/c1-3-13(4-2)10-16-12(15-13)14-11-8-6-5-7-9-11/h5-9H,3-4,10H2,1-2H3,(H,14,15). The third-order valence-corrected chi connectivity index (χ3v) is 4.31. The van der Waals surface area contributed by atoms with E-state index in [1.165, 1.54) is 0 Å². The van der Waals surface area contributed by atoms with Gasteiger partial charge in [-0.05, 0) is 25.0 Å². The molecule has 0 radical (unpaired) electrons. The van der Waals surface area contributed by atoms with Gasteiger partial charge in [0.05, 0.1) is 5.54 Å². The Bertz CT molecular complexity index is 369. The van der Waals surface area contributed by atoms with Gasteiger partial charge in [-0.15, -0.1) is 0 Å². The molecule has 2 nitrogen and oxygen atoms in total. The molecule has 1 aliphatic heterocycles. The highest BCUT2D eigenvalue weighted by atomic mass is 32.2. The summed E-state index contributed by atoms with van der Waals surface area (Å²) in [5.74, 6) is 1.11. The van der Waals surface area contributed by atoms with Crippen LogP contribution in [0.3, 0.4) is 0 Å². The molecular formula is C13H18N2S. The maximum Gasteiger partial charge on any atom is 0.161 e. The van der Waals surface area contributed by atoms with E-state index in [0.29, 0.717) is 0 Å². The maximum absolute atomic E-state index is 4.82. The number of thioether (sulfide) groups is 1. The molecule has 1 aliphatic rings. The molecular weight excluding hydrogens is 216 g/mol. The number of hydrogen-bond acceptors (Lipinski definition) is 3. The number of benzene rings is 1. The minimum Gasteiger partial charge on any atom is -0.335 e. The van der Waals surface area contributed by atoms with E-state index in [-0.39, 0.29) is 5.54 Å². The van der Waals surface area contributed by atoms with E-state index in [1.807, 2.05) is 30.0 Å². The van der Waals surface area contributed by atoms with Gasteiger partial charge in [-0.3, -0.25) is 4.99 Å². The smallest absolute Gasteiger partial charge is 0.161 e. The van der Waals surface area contributed by atoms with Gasteiger partial charge >= 0.3 is 0 Å². The predicted molar refractivity (Wildman–Crippen MR) is 73.3 cm³/mol. The molecule has 1 N–H and O–H groups in total. The lowest BCUT2D eigenvalue weighted by atomic mass is 9.97. The van der Waals surface area contributed by atoms with E-state index in [0.717, 1.165) is 29.4 Å². The summed E-state index contributed by atoms with van der Waals surface area (Å²) in [6, 6.07) is 10.2. The van der Waals surface area contributed by atoms with Crippen LogP contribution in [0.25, 0.3) is 0 Å². The summed E-state index contributed by atoms with van der Waals surface area (Å²) < 4.78 is 0. The molecule has 0 unspecified atom stereocenters. The Kier molecular flexibility index (Phi) is 3.54. The van der Waals surface area contributed by atoms with E-state index in [9.17, 15) is 0 Å². The van der Waals surface area contributed by atoms with Crippen molar-refractivity contribution in [3.63, 3.8) is 0 Å². The van der Waals surface area contributed by atoms with Crippen LogP contribution in [0.2, 0.25) is 0 Å². The minimum atomic E-state index is 0.168. The van der Waals surface area contributed by atoms with E-state index < -0.39 is 0 Å². The van der Waals surface area contributed by atoms with Gasteiger partial charge in [-0.25, -0.2) is 0 Å². The summed E-state index contributed by atoms with van der Waals surface area (Å²) in [6.07, 6.45) is 2.24. The van der Waals surface area contributed by atoms with Gasteiger partial charge in [0.25, 0.3) is 0 Å². The van der Waals surface area contributed by atoms with Crippen LogP contribution in [-0.2, 0) is 0 Å². The average Bonchev–Trinajstić information content (AvgIpc) is 2.75. The second-order valence-electron chi connectivity index (χ2n) is 4.13. The molecule has 16 heavy (non-hydrogen) atoms. The zero-order chi connectivity index (χ0) is 11.4. The van der Waals surface area contributed by atoms with Crippen LogP contribution in [0.4, 0.5) is 5.69 Å². The molecule has 0 spiro atoms. The molecule has 1 aromatic carbocycles. The van der Waals surface area contributed by atoms with Gasteiger partial charge in [-0.1, -0.05) is 43.8 Å². The second-order valence-corrected chi connectivity index (χ2v) is 5.09. The molecule has 1 heterocycles. The van der Waals surface area contributed by atoms with Gasteiger partial charge in [0.15, 0.2) is 5.17 Å². The molecule has 0 saturated carbocycles. The van der Waals surface area contributed by atoms with E-state index in [1.54, 1.807) is 0 Å². The van der Waals surface area contributed by atoms with Gasteiger partial charge in [0.1, 0.15) is 0 Å². The third-order valence-electron chi connectivity index (χ3n) is 3.16. The number of para-hydroxylation sites is 1. The highest BCUT2D eigenvalue weighted by Crippen LogP contribution is 2.33. The molecule has 0 fully saturated rings. The quantitative estimate of drug-likeness (QED) is 0.861. The van der Waals surface area contributed by atoms with Crippen molar-refractivity contribution in [3.05, 3.63) is 30.3 Å². The van der Waals surface area contributed by atoms with Crippen molar-refractivity contribution >= 4 is 22.6 Å². The van der Waals surface area contributed by atoms with Crippen LogP contribution in [0, 0.1) is 0 Å². The summed E-state index contributed by atoms with van der Waals surface area (Å²) in [5, 5.41) is 4.44. The van der Waals surface area contributed by atoms with Gasteiger partial charge in [-0.2, -0.15) is 0 Å². The Labute approximate surface area is 102 Å². The highest BCUT2D eigenvalue weighted by molar-refractivity contribution is 8.14. The zero-order valence-electron chi connectivity index (χ0n) is 9.86. The third kappa shape index (κ3) is 2.40. The second kappa shape index (κ2) is 4.91. The van der Waals surface area contributed by atoms with E-state index in [2.05, 4.69) is 31.3 Å².